The molecule has 0 radical (unpaired) electrons. The third kappa shape index (κ3) is 3.25. The second-order valence-electron chi connectivity index (χ2n) is 5.69. The Hall–Kier alpha value is -2.64. The number of aryl methyl sites for hydroxylation is 1. The average Bonchev–Trinajstić information content (AvgIpc) is 3.01. The van der Waals surface area contributed by atoms with Gasteiger partial charge in [-0.05, 0) is 12.1 Å². The lowest BCUT2D eigenvalue weighted by molar-refractivity contribution is 0.168. The number of aromatic nitrogens is 3. The first-order valence-corrected chi connectivity index (χ1v) is 7.52. The van der Waals surface area contributed by atoms with E-state index in [0.717, 1.165) is 24.5 Å². The molecule has 2 aromatic rings. The SMILES string of the molecule is Cc1nc(-c2ccc(N3CCN(C(=O)N(C)C)CC3)nc2)no1. The quantitative estimate of drug-likeness (QED) is 0.829. The molecule has 0 spiro atoms. The summed E-state index contributed by atoms with van der Waals surface area (Å²) in [5.41, 5.74) is 0.826. The summed E-state index contributed by atoms with van der Waals surface area (Å²) < 4.78 is 4.98. The van der Waals surface area contributed by atoms with E-state index in [1.807, 2.05) is 17.0 Å². The Morgan fingerprint density at radius 1 is 1.22 bits per heavy atom. The molecule has 1 fully saturated rings. The van der Waals surface area contributed by atoms with Gasteiger partial charge in [0.25, 0.3) is 0 Å². The molecule has 1 aliphatic heterocycles. The summed E-state index contributed by atoms with van der Waals surface area (Å²) in [5.74, 6) is 1.97. The van der Waals surface area contributed by atoms with E-state index in [1.165, 1.54) is 0 Å². The highest BCUT2D eigenvalue weighted by atomic mass is 16.5. The van der Waals surface area contributed by atoms with Gasteiger partial charge in [-0.2, -0.15) is 4.98 Å². The minimum atomic E-state index is 0.0560. The van der Waals surface area contributed by atoms with E-state index >= 15 is 0 Å². The van der Waals surface area contributed by atoms with E-state index in [1.54, 1.807) is 32.1 Å². The topological polar surface area (TPSA) is 78.6 Å². The van der Waals surface area contributed by atoms with E-state index in [2.05, 4.69) is 20.0 Å². The first kappa shape index (κ1) is 15.3. The molecular formula is C15H20N6O2. The van der Waals surface area contributed by atoms with Gasteiger partial charge in [0, 0.05) is 59.0 Å². The zero-order valence-corrected chi connectivity index (χ0v) is 13.6. The molecule has 8 heteroatoms. The van der Waals surface area contributed by atoms with E-state index < -0.39 is 0 Å². The molecule has 1 aliphatic rings. The maximum absolute atomic E-state index is 11.9. The van der Waals surface area contributed by atoms with E-state index in [4.69, 9.17) is 4.52 Å². The molecule has 122 valence electrons. The molecule has 0 unspecified atom stereocenters. The van der Waals surface area contributed by atoms with Gasteiger partial charge in [-0.25, -0.2) is 9.78 Å². The largest absolute Gasteiger partial charge is 0.353 e. The van der Waals surface area contributed by atoms with Crippen molar-refractivity contribution in [2.45, 2.75) is 6.92 Å². The smallest absolute Gasteiger partial charge is 0.319 e. The summed E-state index contributed by atoms with van der Waals surface area (Å²) in [6.45, 7) is 4.70. The molecule has 23 heavy (non-hydrogen) atoms. The van der Waals surface area contributed by atoms with Crippen LogP contribution in [0.3, 0.4) is 0 Å². The lowest BCUT2D eigenvalue weighted by Crippen LogP contribution is -2.51. The minimum Gasteiger partial charge on any atom is -0.353 e. The number of carbonyl (C=O) groups is 1. The van der Waals surface area contributed by atoms with Crippen molar-refractivity contribution < 1.29 is 9.32 Å². The van der Waals surface area contributed by atoms with E-state index in [0.29, 0.717) is 24.8 Å². The van der Waals surface area contributed by atoms with Crippen LogP contribution in [0.2, 0.25) is 0 Å². The Bertz CT molecular complexity index is 674. The van der Waals surface area contributed by atoms with Gasteiger partial charge in [0.05, 0.1) is 0 Å². The van der Waals surface area contributed by atoms with Gasteiger partial charge in [0.2, 0.25) is 11.7 Å². The Balaban J connectivity index is 1.64. The summed E-state index contributed by atoms with van der Waals surface area (Å²) in [7, 11) is 3.54. The summed E-state index contributed by atoms with van der Waals surface area (Å²) in [5, 5.41) is 3.89. The van der Waals surface area contributed by atoms with Crippen LogP contribution in [0, 0.1) is 6.92 Å². The highest BCUT2D eigenvalue weighted by Gasteiger charge is 2.22. The molecule has 0 atom stereocenters. The molecule has 1 saturated heterocycles. The molecule has 0 saturated carbocycles. The van der Waals surface area contributed by atoms with Crippen LogP contribution < -0.4 is 4.90 Å². The number of carbonyl (C=O) groups excluding carboxylic acids is 1. The lowest BCUT2D eigenvalue weighted by Gasteiger charge is -2.36. The molecule has 3 heterocycles. The average molecular weight is 316 g/mol. The van der Waals surface area contributed by atoms with Crippen LogP contribution >= 0.6 is 0 Å². The standard InChI is InChI=1S/C15H20N6O2/c1-11-17-14(18-23-11)12-4-5-13(16-10-12)20-6-8-21(9-7-20)15(22)19(2)3/h4-5,10H,6-9H2,1-3H3. The predicted octanol–water partition coefficient (Wildman–Crippen LogP) is 1.24. The maximum atomic E-state index is 11.9. The van der Waals surface area contributed by atoms with Crippen LogP contribution in [0.4, 0.5) is 10.6 Å². The molecule has 2 aromatic heterocycles. The van der Waals surface area contributed by atoms with Crippen molar-refractivity contribution in [1.29, 1.82) is 0 Å². The normalized spacial score (nSPS) is 14.9. The number of nitrogens with zero attached hydrogens (tertiary/aromatic N) is 6. The number of pyridine rings is 1. The Labute approximate surface area is 134 Å². The maximum Gasteiger partial charge on any atom is 0.319 e. The fourth-order valence-electron chi connectivity index (χ4n) is 2.53. The van der Waals surface area contributed by atoms with Gasteiger partial charge >= 0.3 is 6.03 Å². The second kappa shape index (κ2) is 6.23. The van der Waals surface area contributed by atoms with Gasteiger partial charge in [-0.3, -0.25) is 0 Å². The number of hydrogen-bond acceptors (Lipinski definition) is 6. The highest BCUT2D eigenvalue weighted by molar-refractivity contribution is 5.74. The monoisotopic (exact) mass is 316 g/mol. The van der Waals surface area contributed by atoms with Crippen LogP contribution in [-0.4, -0.2) is 71.2 Å². The molecule has 8 nitrogen and oxygen atoms in total. The number of urea groups is 1. The van der Waals surface area contributed by atoms with Crippen molar-refractivity contribution in [2.75, 3.05) is 45.2 Å². The Morgan fingerprint density at radius 3 is 2.48 bits per heavy atom. The fraction of sp³-hybridized carbons (Fsp3) is 0.467. The van der Waals surface area contributed by atoms with Gasteiger partial charge in [-0.15, -0.1) is 0 Å². The van der Waals surface area contributed by atoms with E-state index in [-0.39, 0.29) is 6.03 Å². The molecule has 0 N–H and O–H groups in total. The highest BCUT2D eigenvalue weighted by Crippen LogP contribution is 2.19. The number of anilines is 1. The van der Waals surface area contributed by atoms with Crippen LogP contribution in [0.25, 0.3) is 11.4 Å². The van der Waals surface area contributed by atoms with Crippen molar-refractivity contribution in [3.8, 4) is 11.4 Å². The molecule has 3 rings (SSSR count). The number of amides is 2. The first-order chi connectivity index (χ1) is 11.0. The number of rotatable bonds is 2. The lowest BCUT2D eigenvalue weighted by atomic mass is 10.2. The third-order valence-corrected chi connectivity index (χ3v) is 3.79. The summed E-state index contributed by atoms with van der Waals surface area (Å²) in [6.07, 6.45) is 1.75. The van der Waals surface area contributed by atoms with Gasteiger partial charge < -0.3 is 19.2 Å². The van der Waals surface area contributed by atoms with Crippen LogP contribution in [0.5, 0.6) is 0 Å². The zero-order valence-electron chi connectivity index (χ0n) is 13.6. The van der Waals surface area contributed by atoms with Crippen LogP contribution in [0.1, 0.15) is 5.89 Å². The van der Waals surface area contributed by atoms with Crippen molar-refractivity contribution in [1.82, 2.24) is 24.9 Å². The molecule has 0 bridgehead atoms. The molecular weight excluding hydrogens is 296 g/mol. The van der Waals surface area contributed by atoms with Gasteiger partial charge in [-0.1, -0.05) is 5.16 Å². The second-order valence-corrected chi connectivity index (χ2v) is 5.69. The van der Waals surface area contributed by atoms with E-state index in [9.17, 15) is 4.79 Å². The third-order valence-electron chi connectivity index (χ3n) is 3.79. The molecule has 0 aliphatic carbocycles. The molecule has 0 aromatic carbocycles. The van der Waals surface area contributed by atoms with Crippen LogP contribution in [0.15, 0.2) is 22.9 Å². The molecule has 2 amide bonds. The van der Waals surface area contributed by atoms with Crippen molar-refractivity contribution in [2.24, 2.45) is 0 Å². The predicted molar refractivity (Wildman–Crippen MR) is 85.1 cm³/mol. The first-order valence-electron chi connectivity index (χ1n) is 7.52. The summed E-state index contributed by atoms with van der Waals surface area (Å²) in [4.78, 5) is 26.2. The summed E-state index contributed by atoms with van der Waals surface area (Å²) in [6, 6.07) is 3.94. The Morgan fingerprint density at radius 2 is 1.96 bits per heavy atom. The van der Waals surface area contributed by atoms with Crippen molar-refractivity contribution >= 4 is 11.8 Å². The van der Waals surface area contributed by atoms with Gasteiger partial charge in [0.1, 0.15) is 5.82 Å². The fourth-order valence-corrected chi connectivity index (χ4v) is 2.53. The Kier molecular flexibility index (Phi) is 4.14. The van der Waals surface area contributed by atoms with Crippen molar-refractivity contribution in [3.05, 3.63) is 24.2 Å². The number of hydrogen-bond donors (Lipinski definition) is 0. The van der Waals surface area contributed by atoms with Crippen LogP contribution in [-0.2, 0) is 0 Å². The number of piperazine rings is 1. The summed E-state index contributed by atoms with van der Waals surface area (Å²) >= 11 is 0. The minimum absolute atomic E-state index is 0.0560. The van der Waals surface area contributed by atoms with Gasteiger partial charge in [0.15, 0.2) is 0 Å². The van der Waals surface area contributed by atoms with Crippen molar-refractivity contribution in [3.63, 3.8) is 0 Å². The zero-order chi connectivity index (χ0) is 16.4.